The highest BCUT2D eigenvalue weighted by molar-refractivity contribution is 7.13. The van der Waals surface area contributed by atoms with Gasteiger partial charge in [0.05, 0.1) is 5.54 Å². The number of nitrogens with zero attached hydrogens (tertiary/aromatic N) is 5. The van der Waals surface area contributed by atoms with Crippen LogP contribution in [0.4, 0.5) is 35.9 Å². The Balaban J connectivity index is 1.06. The molecule has 2 aliphatic rings. The number of nitrogens with one attached hydrogen (secondary N) is 4. The van der Waals surface area contributed by atoms with Gasteiger partial charge in [-0.05, 0) is 73.6 Å². The van der Waals surface area contributed by atoms with E-state index in [9.17, 15) is 27.6 Å². The number of anilines is 4. The van der Waals surface area contributed by atoms with E-state index >= 15 is 0 Å². The van der Waals surface area contributed by atoms with Crippen molar-refractivity contribution in [2.24, 2.45) is 5.92 Å². The number of carbonyl (C=O) groups is 3. The lowest BCUT2D eigenvalue weighted by Crippen LogP contribution is -2.47. The third-order valence-corrected chi connectivity index (χ3v) is 9.03. The van der Waals surface area contributed by atoms with Crippen molar-refractivity contribution < 1.29 is 32.3 Å². The van der Waals surface area contributed by atoms with Crippen molar-refractivity contribution in [1.29, 1.82) is 0 Å². The van der Waals surface area contributed by atoms with Crippen molar-refractivity contribution in [1.82, 2.24) is 30.2 Å². The van der Waals surface area contributed by atoms with E-state index in [1.165, 1.54) is 22.4 Å². The summed E-state index contributed by atoms with van der Waals surface area (Å²) in [6.07, 6.45) is -0.115. The van der Waals surface area contributed by atoms with E-state index < -0.39 is 36.1 Å². The molecule has 18 heteroatoms. The van der Waals surface area contributed by atoms with Gasteiger partial charge in [-0.25, -0.2) is 4.98 Å². The summed E-state index contributed by atoms with van der Waals surface area (Å²) < 4.78 is 43.6. The summed E-state index contributed by atoms with van der Waals surface area (Å²) >= 11 is 7.24. The maximum Gasteiger partial charge on any atom is 0.422 e. The molecule has 50 heavy (non-hydrogen) atoms. The Morgan fingerprint density at radius 2 is 1.76 bits per heavy atom. The maximum atomic E-state index is 12.9. The molecule has 1 aliphatic heterocycles. The quantitative estimate of drug-likeness (QED) is 0.148. The van der Waals surface area contributed by atoms with Crippen LogP contribution in [-0.2, 0) is 15.1 Å². The zero-order valence-electron chi connectivity index (χ0n) is 26.3. The molecule has 0 spiro atoms. The number of benzene rings is 2. The van der Waals surface area contributed by atoms with Gasteiger partial charge in [0.25, 0.3) is 5.91 Å². The highest BCUT2D eigenvalue weighted by Gasteiger charge is 2.45. The molecule has 1 atom stereocenters. The zero-order chi connectivity index (χ0) is 35.3. The molecule has 3 amide bonds. The molecule has 13 nitrogen and oxygen atoms in total. The molecule has 3 heterocycles. The Morgan fingerprint density at radius 1 is 1.02 bits per heavy atom. The van der Waals surface area contributed by atoms with E-state index in [-0.39, 0.29) is 23.7 Å². The predicted octanol–water partition coefficient (Wildman–Crippen LogP) is 5.37. The number of rotatable bonds is 11. The lowest BCUT2D eigenvalue weighted by molar-refractivity contribution is -0.154. The second-order valence-corrected chi connectivity index (χ2v) is 13.2. The summed E-state index contributed by atoms with van der Waals surface area (Å²) in [4.78, 5) is 55.8. The molecule has 2 fully saturated rings. The first kappa shape index (κ1) is 34.8. The van der Waals surface area contributed by atoms with Crippen LogP contribution in [0.2, 0.25) is 5.02 Å². The monoisotopic (exact) mass is 729 g/mol. The first-order chi connectivity index (χ1) is 23.9. The average molecular weight is 730 g/mol. The zero-order valence-corrected chi connectivity index (χ0v) is 27.9. The standard InChI is InChI=1S/C32H31ClF3N9O4S/c33-22-7-5-21(6-8-22)31(11-12-31)44-28-41-27(42-29(43-28)49-18-32(34,35)36)39-23-9-3-20(4-10-23)24(46)38-16-19-2-1-14-45(17-19)26(48)25(47)40-30-37-13-15-50-30/h3-10,13,15,19H,1-2,11-12,14,16-18H2,(H,38,46)(H,37,40,47)(H2,39,41,42,43,44). The summed E-state index contributed by atoms with van der Waals surface area (Å²) in [6, 6.07) is 13.0. The van der Waals surface area contributed by atoms with Crippen LogP contribution in [-0.4, -0.2) is 75.0 Å². The molecule has 1 aliphatic carbocycles. The molecule has 262 valence electrons. The minimum absolute atomic E-state index is 0.0197. The largest absolute Gasteiger partial charge is 0.454 e. The maximum absolute atomic E-state index is 12.9. The molecule has 4 aromatic rings. The Labute approximate surface area is 293 Å². The molecule has 1 unspecified atom stereocenters. The fourth-order valence-electron chi connectivity index (χ4n) is 5.44. The molecular weight excluding hydrogens is 699 g/mol. The summed E-state index contributed by atoms with van der Waals surface area (Å²) in [6.45, 7) is -0.512. The van der Waals surface area contributed by atoms with E-state index in [1.54, 1.807) is 41.8 Å². The van der Waals surface area contributed by atoms with Crippen LogP contribution in [0.5, 0.6) is 6.01 Å². The number of ether oxygens (including phenoxy) is 1. The van der Waals surface area contributed by atoms with E-state index in [4.69, 9.17) is 16.3 Å². The Bertz CT molecular complexity index is 1830. The van der Waals surface area contributed by atoms with Gasteiger partial charge >= 0.3 is 24.0 Å². The molecule has 4 N–H and O–H groups in total. The number of amides is 3. The molecule has 1 saturated carbocycles. The first-order valence-corrected chi connectivity index (χ1v) is 16.9. The van der Waals surface area contributed by atoms with Crippen molar-refractivity contribution in [2.45, 2.75) is 37.4 Å². The minimum Gasteiger partial charge on any atom is -0.454 e. The number of halogens is 4. The fraction of sp³-hybridized carbons (Fsp3) is 0.344. The Morgan fingerprint density at radius 3 is 2.44 bits per heavy atom. The van der Waals surface area contributed by atoms with E-state index in [1.807, 2.05) is 12.1 Å². The summed E-state index contributed by atoms with van der Waals surface area (Å²) in [5.74, 6) is -1.83. The van der Waals surface area contributed by atoms with Gasteiger partial charge in [0.2, 0.25) is 11.9 Å². The molecule has 2 aromatic carbocycles. The second kappa shape index (κ2) is 14.8. The lowest BCUT2D eigenvalue weighted by atomic mass is 9.97. The van der Waals surface area contributed by atoms with Gasteiger partial charge in [-0.2, -0.15) is 28.1 Å². The van der Waals surface area contributed by atoms with Crippen LogP contribution in [0.15, 0.2) is 60.1 Å². The minimum atomic E-state index is -4.60. The highest BCUT2D eigenvalue weighted by atomic mass is 35.5. The number of hydrogen-bond donors (Lipinski definition) is 4. The van der Waals surface area contributed by atoms with Gasteiger partial charge in [-0.15, -0.1) is 11.3 Å². The number of likely N-dealkylation sites (tertiary alicyclic amines) is 1. The molecular formula is C32H31ClF3N9O4S. The molecule has 1 saturated heterocycles. The SMILES string of the molecule is O=C(Nc1nccs1)C(=O)N1CCCC(CNC(=O)c2ccc(Nc3nc(NC4(c5ccc(Cl)cc5)CC4)nc(OCC(F)(F)F)n3)cc2)C1. The van der Waals surface area contributed by atoms with E-state index in [2.05, 4.69) is 41.2 Å². The van der Waals surface area contributed by atoms with Crippen molar-refractivity contribution in [3.8, 4) is 6.01 Å². The summed E-state index contributed by atoms with van der Waals surface area (Å²) in [5, 5.41) is 14.1. The summed E-state index contributed by atoms with van der Waals surface area (Å²) in [5.41, 5.74) is 1.22. The molecule has 6 rings (SSSR count). The number of carbonyl (C=O) groups excluding carboxylic acids is 3. The molecule has 2 aromatic heterocycles. The van der Waals surface area contributed by atoms with Crippen molar-refractivity contribution in [2.75, 3.05) is 42.2 Å². The number of thiazole rings is 1. The number of aromatic nitrogens is 4. The predicted molar refractivity (Wildman–Crippen MR) is 179 cm³/mol. The number of piperidine rings is 1. The average Bonchev–Trinajstić information content (AvgIpc) is 3.69. The molecule has 0 radical (unpaired) electrons. The van der Waals surface area contributed by atoms with Crippen molar-refractivity contribution >= 4 is 63.4 Å². The van der Waals surface area contributed by atoms with Crippen LogP contribution >= 0.6 is 22.9 Å². The van der Waals surface area contributed by atoms with Crippen LogP contribution in [0.25, 0.3) is 0 Å². The van der Waals surface area contributed by atoms with Gasteiger partial charge in [0.1, 0.15) is 0 Å². The second-order valence-electron chi connectivity index (χ2n) is 11.8. The van der Waals surface area contributed by atoms with Gasteiger partial charge < -0.3 is 25.6 Å². The third kappa shape index (κ3) is 9.15. The van der Waals surface area contributed by atoms with E-state index in [0.717, 1.165) is 24.8 Å². The van der Waals surface area contributed by atoms with Crippen LogP contribution in [0, 0.1) is 5.92 Å². The first-order valence-electron chi connectivity index (χ1n) is 15.6. The van der Waals surface area contributed by atoms with Gasteiger partial charge in [-0.3, -0.25) is 19.7 Å². The molecule has 0 bridgehead atoms. The smallest absolute Gasteiger partial charge is 0.422 e. The van der Waals surface area contributed by atoms with Crippen LogP contribution in [0.3, 0.4) is 0 Å². The normalized spacial score (nSPS) is 16.6. The number of alkyl halides is 3. The summed E-state index contributed by atoms with van der Waals surface area (Å²) in [7, 11) is 0. The topological polar surface area (TPSA) is 163 Å². The number of hydrogen-bond acceptors (Lipinski definition) is 11. The lowest BCUT2D eigenvalue weighted by Gasteiger charge is -2.32. The van der Waals surface area contributed by atoms with Crippen LogP contribution < -0.4 is 26.0 Å². The van der Waals surface area contributed by atoms with E-state index in [0.29, 0.717) is 47.5 Å². The fourth-order valence-corrected chi connectivity index (χ4v) is 6.09. The van der Waals surface area contributed by atoms with Gasteiger partial charge in [0, 0.05) is 47.5 Å². The van der Waals surface area contributed by atoms with Gasteiger partial charge in [0.15, 0.2) is 11.7 Å². The van der Waals surface area contributed by atoms with Crippen molar-refractivity contribution in [3.63, 3.8) is 0 Å². The van der Waals surface area contributed by atoms with Crippen LogP contribution in [0.1, 0.15) is 41.6 Å². The van der Waals surface area contributed by atoms with Crippen molar-refractivity contribution in [3.05, 3.63) is 76.3 Å². The highest BCUT2D eigenvalue weighted by Crippen LogP contribution is 2.48. The van der Waals surface area contributed by atoms with Gasteiger partial charge in [-0.1, -0.05) is 23.7 Å². The third-order valence-electron chi connectivity index (χ3n) is 8.09. The Hall–Kier alpha value is -5.03. The Kier molecular flexibility index (Phi) is 10.3.